The Morgan fingerprint density at radius 3 is 2.76 bits per heavy atom. The van der Waals surface area contributed by atoms with Crippen LogP contribution >= 0.6 is 0 Å². The molecule has 1 fully saturated rings. The Hall–Kier alpha value is -1.39. The third-order valence-electron chi connectivity index (χ3n) is 3.04. The van der Waals surface area contributed by atoms with Crippen LogP contribution in [0.3, 0.4) is 0 Å². The highest BCUT2D eigenvalue weighted by Gasteiger charge is 2.20. The third-order valence-corrected chi connectivity index (χ3v) is 3.04. The lowest BCUT2D eigenvalue weighted by atomic mass is 9.92. The average Bonchev–Trinajstić information content (AvgIpc) is 2.37. The van der Waals surface area contributed by atoms with Crippen LogP contribution < -0.4 is 11.2 Å². The van der Waals surface area contributed by atoms with Crippen LogP contribution in [0.25, 0.3) is 0 Å². The number of rotatable bonds is 3. The maximum atomic E-state index is 11.7. The first kappa shape index (κ1) is 12.1. The van der Waals surface area contributed by atoms with Crippen molar-refractivity contribution in [1.82, 2.24) is 5.48 Å². The van der Waals surface area contributed by atoms with Gasteiger partial charge in [-0.15, -0.1) is 5.48 Å². The van der Waals surface area contributed by atoms with E-state index in [0.29, 0.717) is 5.56 Å². The first-order valence-electron chi connectivity index (χ1n) is 6.03. The van der Waals surface area contributed by atoms with Gasteiger partial charge in [0, 0.05) is 12.1 Å². The molecule has 4 nitrogen and oxygen atoms in total. The van der Waals surface area contributed by atoms with Crippen molar-refractivity contribution in [3.8, 4) is 0 Å². The molecule has 0 spiro atoms. The van der Waals surface area contributed by atoms with Crippen LogP contribution in [-0.4, -0.2) is 18.1 Å². The fourth-order valence-corrected chi connectivity index (χ4v) is 2.10. The Kier molecular flexibility index (Phi) is 4.12. The van der Waals surface area contributed by atoms with E-state index < -0.39 is 0 Å². The van der Waals surface area contributed by atoms with Gasteiger partial charge in [0.25, 0.3) is 0 Å². The Balaban J connectivity index is 1.80. The summed E-state index contributed by atoms with van der Waals surface area (Å²) in [5.41, 5.74) is 9.24. The van der Waals surface area contributed by atoms with Gasteiger partial charge in [-0.05, 0) is 31.4 Å². The number of hydroxylamine groups is 1. The quantitative estimate of drug-likeness (QED) is 0.780. The third kappa shape index (κ3) is 3.54. The highest BCUT2D eigenvalue weighted by atomic mass is 16.7. The lowest BCUT2D eigenvalue weighted by Crippen LogP contribution is -2.40. The summed E-state index contributed by atoms with van der Waals surface area (Å²) in [4.78, 5) is 16.7. The summed E-state index contributed by atoms with van der Waals surface area (Å²) in [7, 11) is 0. The maximum Gasteiger partial charge on any atom is 0.356 e. The zero-order valence-electron chi connectivity index (χ0n) is 9.76. The molecule has 1 aromatic rings. The van der Waals surface area contributed by atoms with E-state index in [4.69, 9.17) is 10.6 Å². The number of hydrogen-bond acceptors (Lipinski definition) is 4. The van der Waals surface area contributed by atoms with E-state index in [0.717, 1.165) is 25.7 Å². The van der Waals surface area contributed by atoms with Gasteiger partial charge in [0.1, 0.15) is 0 Å². The molecule has 0 bridgehead atoms. The van der Waals surface area contributed by atoms with Crippen molar-refractivity contribution in [3.05, 3.63) is 35.9 Å². The van der Waals surface area contributed by atoms with Gasteiger partial charge >= 0.3 is 5.97 Å². The Morgan fingerprint density at radius 1 is 1.29 bits per heavy atom. The predicted molar refractivity (Wildman–Crippen MR) is 65.2 cm³/mol. The zero-order chi connectivity index (χ0) is 12.1. The lowest BCUT2D eigenvalue weighted by Gasteiger charge is -2.26. The topological polar surface area (TPSA) is 64.3 Å². The molecule has 1 aliphatic rings. The average molecular weight is 234 g/mol. The van der Waals surface area contributed by atoms with Crippen molar-refractivity contribution < 1.29 is 9.63 Å². The molecule has 3 N–H and O–H groups in total. The first-order chi connectivity index (χ1) is 8.25. The summed E-state index contributed by atoms with van der Waals surface area (Å²) >= 11 is 0. The Bertz CT molecular complexity index is 367. The van der Waals surface area contributed by atoms with Gasteiger partial charge in [-0.25, -0.2) is 4.79 Å². The fraction of sp³-hybridized carbons (Fsp3) is 0.462. The van der Waals surface area contributed by atoms with E-state index in [1.807, 2.05) is 18.2 Å². The summed E-state index contributed by atoms with van der Waals surface area (Å²) in [6.45, 7) is 0. The van der Waals surface area contributed by atoms with Crippen LogP contribution in [0.15, 0.2) is 30.3 Å². The molecule has 4 heteroatoms. The molecule has 0 radical (unpaired) electrons. The van der Waals surface area contributed by atoms with E-state index in [-0.39, 0.29) is 18.1 Å². The van der Waals surface area contributed by atoms with Gasteiger partial charge in [0.2, 0.25) is 0 Å². The molecule has 2 atom stereocenters. The second-order valence-electron chi connectivity index (χ2n) is 4.50. The molecule has 1 aliphatic carbocycles. The second kappa shape index (κ2) is 5.80. The molecule has 0 heterocycles. The number of carbonyl (C=O) groups is 1. The van der Waals surface area contributed by atoms with Gasteiger partial charge in [-0.2, -0.15) is 0 Å². The largest absolute Gasteiger partial charge is 0.366 e. The number of hydrogen-bond donors (Lipinski definition) is 2. The minimum atomic E-state index is -0.343. The molecular formula is C13H18N2O2. The molecular weight excluding hydrogens is 216 g/mol. The van der Waals surface area contributed by atoms with Crippen molar-refractivity contribution in [2.75, 3.05) is 0 Å². The standard InChI is InChI=1S/C13H18N2O2/c14-11-7-4-8-12(9-11)15-17-13(16)10-5-2-1-3-6-10/h1-3,5-6,11-12,15H,4,7-9,14H2. The second-order valence-corrected chi connectivity index (χ2v) is 4.50. The van der Waals surface area contributed by atoms with Gasteiger partial charge in [0.15, 0.2) is 0 Å². The number of benzene rings is 1. The normalized spacial score (nSPS) is 24.3. The molecule has 2 rings (SSSR count). The summed E-state index contributed by atoms with van der Waals surface area (Å²) in [5.74, 6) is -0.343. The molecule has 1 saturated carbocycles. The van der Waals surface area contributed by atoms with Crippen molar-refractivity contribution in [2.24, 2.45) is 5.73 Å². The zero-order valence-corrected chi connectivity index (χ0v) is 9.76. The fourth-order valence-electron chi connectivity index (χ4n) is 2.10. The van der Waals surface area contributed by atoms with Crippen molar-refractivity contribution in [1.29, 1.82) is 0 Å². The molecule has 0 saturated heterocycles. The van der Waals surface area contributed by atoms with Crippen molar-refractivity contribution >= 4 is 5.97 Å². The SMILES string of the molecule is NC1CCCC(NOC(=O)c2ccccc2)C1. The molecule has 2 unspecified atom stereocenters. The number of nitrogens with one attached hydrogen (secondary N) is 1. The van der Waals surface area contributed by atoms with Crippen LogP contribution in [0.2, 0.25) is 0 Å². The summed E-state index contributed by atoms with van der Waals surface area (Å²) in [6, 6.07) is 9.36. The highest BCUT2D eigenvalue weighted by Crippen LogP contribution is 2.16. The van der Waals surface area contributed by atoms with Crippen molar-refractivity contribution in [2.45, 2.75) is 37.8 Å². The molecule has 1 aromatic carbocycles. The van der Waals surface area contributed by atoms with E-state index in [1.54, 1.807) is 12.1 Å². The Morgan fingerprint density at radius 2 is 2.06 bits per heavy atom. The van der Waals surface area contributed by atoms with Crippen LogP contribution in [0.4, 0.5) is 0 Å². The summed E-state index contributed by atoms with van der Waals surface area (Å²) < 4.78 is 0. The molecule has 0 aromatic heterocycles. The molecule has 17 heavy (non-hydrogen) atoms. The minimum absolute atomic E-state index is 0.186. The number of nitrogens with two attached hydrogens (primary N) is 1. The maximum absolute atomic E-state index is 11.7. The summed E-state index contributed by atoms with van der Waals surface area (Å²) in [6.07, 6.45) is 4.02. The van der Waals surface area contributed by atoms with Crippen LogP contribution in [0.5, 0.6) is 0 Å². The van der Waals surface area contributed by atoms with Crippen LogP contribution in [0.1, 0.15) is 36.0 Å². The Labute approximate surface area is 101 Å². The molecule has 92 valence electrons. The van der Waals surface area contributed by atoms with E-state index in [9.17, 15) is 4.79 Å². The van der Waals surface area contributed by atoms with Gasteiger partial charge < -0.3 is 10.6 Å². The van der Waals surface area contributed by atoms with Crippen LogP contribution in [-0.2, 0) is 4.84 Å². The van der Waals surface area contributed by atoms with Gasteiger partial charge in [-0.3, -0.25) is 0 Å². The number of carbonyl (C=O) groups excluding carboxylic acids is 1. The highest BCUT2D eigenvalue weighted by molar-refractivity contribution is 5.89. The van der Waals surface area contributed by atoms with Gasteiger partial charge in [0.05, 0.1) is 5.56 Å². The predicted octanol–water partition coefficient (Wildman–Crippen LogP) is 1.62. The lowest BCUT2D eigenvalue weighted by molar-refractivity contribution is 0.0104. The van der Waals surface area contributed by atoms with E-state index >= 15 is 0 Å². The first-order valence-corrected chi connectivity index (χ1v) is 6.03. The molecule has 0 amide bonds. The minimum Gasteiger partial charge on any atom is -0.366 e. The van der Waals surface area contributed by atoms with Crippen LogP contribution in [0, 0.1) is 0 Å². The molecule has 0 aliphatic heterocycles. The summed E-state index contributed by atoms with van der Waals surface area (Å²) in [5, 5.41) is 0. The van der Waals surface area contributed by atoms with E-state index in [2.05, 4.69) is 5.48 Å². The van der Waals surface area contributed by atoms with E-state index in [1.165, 1.54) is 0 Å². The van der Waals surface area contributed by atoms with Gasteiger partial charge in [-0.1, -0.05) is 24.6 Å². The smallest absolute Gasteiger partial charge is 0.356 e. The van der Waals surface area contributed by atoms with Crippen molar-refractivity contribution in [3.63, 3.8) is 0 Å². The monoisotopic (exact) mass is 234 g/mol.